The number of unbranched alkanes of at least 4 members (excludes halogenated alkanes) is 3. The van der Waals surface area contributed by atoms with E-state index in [9.17, 15) is 9.90 Å². The molecule has 0 amide bonds. The number of carbonyl (C=O) groups is 1. The topological polar surface area (TPSA) is 37.3 Å². The summed E-state index contributed by atoms with van der Waals surface area (Å²) in [7, 11) is 0. The van der Waals surface area contributed by atoms with Crippen LogP contribution in [0.25, 0.3) is 0 Å². The van der Waals surface area contributed by atoms with Gasteiger partial charge in [0.1, 0.15) is 5.78 Å². The molecule has 0 bridgehead atoms. The summed E-state index contributed by atoms with van der Waals surface area (Å²) in [5.41, 5.74) is 0. The highest BCUT2D eigenvalue weighted by atomic mass is 16.3. The molecule has 2 nitrogen and oxygen atoms in total. The summed E-state index contributed by atoms with van der Waals surface area (Å²) >= 11 is 0. The molecule has 0 rings (SSSR count). The van der Waals surface area contributed by atoms with Crippen molar-refractivity contribution in [1.29, 1.82) is 0 Å². The quantitative estimate of drug-likeness (QED) is 0.592. The fourth-order valence-corrected chi connectivity index (χ4v) is 1.32. The Morgan fingerprint density at radius 3 is 2.46 bits per heavy atom. The third-order valence-corrected chi connectivity index (χ3v) is 2.25. The van der Waals surface area contributed by atoms with Crippen LogP contribution < -0.4 is 0 Å². The van der Waals surface area contributed by atoms with Crippen molar-refractivity contribution in [3.8, 4) is 0 Å². The standard InChI is InChI=1S/C11H22O2/c1-3-5-6-7-8-11(13)9-10(12)4-2/h11,13H,3-9H2,1-2H3. The number of hydrogen-bond acceptors (Lipinski definition) is 2. The summed E-state index contributed by atoms with van der Waals surface area (Å²) < 4.78 is 0. The lowest BCUT2D eigenvalue weighted by molar-refractivity contribution is -0.120. The summed E-state index contributed by atoms with van der Waals surface area (Å²) in [6, 6.07) is 0. The lowest BCUT2D eigenvalue weighted by Crippen LogP contribution is -2.12. The van der Waals surface area contributed by atoms with Crippen LogP contribution in [0.3, 0.4) is 0 Å². The van der Waals surface area contributed by atoms with Gasteiger partial charge in [-0.1, -0.05) is 39.5 Å². The SMILES string of the molecule is CCCCCCC(O)CC(=O)CC. The van der Waals surface area contributed by atoms with Crippen molar-refractivity contribution < 1.29 is 9.90 Å². The molecule has 0 aliphatic heterocycles. The van der Waals surface area contributed by atoms with Gasteiger partial charge in [-0.15, -0.1) is 0 Å². The average Bonchev–Trinajstić information content (AvgIpc) is 2.12. The number of Topliss-reactive ketones (excluding diaryl/α,β-unsaturated/α-hetero) is 1. The smallest absolute Gasteiger partial charge is 0.135 e. The summed E-state index contributed by atoms with van der Waals surface area (Å²) in [6.45, 7) is 4.00. The van der Waals surface area contributed by atoms with Gasteiger partial charge in [-0.25, -0.2) is 0 Å². The Morgan fingerprint density at radius 2 is 1.92 bits per heavy atom. The van der Waals surface area contributed by atoms with Crippen LogP contribution >= 0.6 is 0 Å². The highest BCUT2D eigenvalue weighted by molar-refractivity contribution is 5.78. The Morgan fingerprint density at radius 1 is 1.23 bits per heavy atom. The number of rotatable bonds is 8. The monoisotopic (exact) mass is 186 g/mol. The normalized spacial score (nSPS) is 12.8. The third kappa shape index (κ3) is 7.97. The maximum atomic E-state index is 11.0. The molecule has 0 heterocycles. The first-order chi connectivity index (χ1) is 6.20. The van der Waals surface area contributed by atoms with E-state index in [-0.39, 0.29) is 5.78 Å². The molecule has 1 unspecified atom stereocenters. The van der Waals surface area contributed by atoms with Crippen molar-refractivity contribution in [2.75, 3.05) is 0 Å². The van der Waals surface area contributed by atoms with Crippen LogP contribution in [0.4, 0.5) is 0 Å². The highest BCUT2D eigenvalue weighted by Crippen LogP contribution is 2.08. The number of carbonyl (C=O) groups excluding carboxylic acids is 1. The van der Waals surface area contributed by atoms with Gasteiger partial charge in [0.15, 0.2) is 0 Å². The predicted octanol–water partition coefficient (Wildman–Crippen LogP) is 2.69. The molecule has 2 heteroatoms. The molecule has 0 saturated carbocycles. The second kappa shape index (κ2) is 8.24. The second-order valence-electron chi connectivity index (χ2n) is 3.60. The summed E-state index contributed by atoms with van der Waals surface area (Å²) in [5, 5.41) is 9.43. The largest absolute Gasteiger partial charge is 0.393 e. The van der Waals surface area contributed by atoms with Crippen molar-refractivity contribution in [2.45, 2.75) is 64.9 Å². The molecule has 13 heavy (non-hydrogen) atoms. The van der Waals surface area contributed by atoms with E-state index < -0.39 is 6.10 Å². The molecule has 0 aromatic carbocycles. The number of ketones is 1. The second-order valence-corrected chi connectivity index (χ2v) is 3.60. The molecular weight excluding hydrogens is 164 g/mol. The number of aliphatic hydroxyl groups excluding tert-OH is 1. The lowest BCUT2D eigenvalue weighted by Gasteiger charge is -2.08. The number of hydrogen-bond donors (Lipinski definition) is 1. The molecule has 0 aromatic rings. The van der Waals surface area contributed by atoms with Crippen LogP contribution in [-0.4, -0.2) is 17.0 Å². The average molecular weight is 186 g/mol. The first-order valence-electron chi connectivity index (χ1n) is 5.40. The molecule has 0 saturated heterocycles. The molecule has 78 valence electrons. The molecule has 0 aliphatic carbocycles. The summed E-state index contributed by atoms with van der Waals surface area (Å²) in [5.74, 6) is 0.169. The van der Waals surface area contributed by atoms with Gasteiger partial charge in [-0.2, -0.15) is 0 Å². The van der Waals surface area contributed by atoms with Crippen molar-refractivity contribution in [3.63, 3.8) is 0 Å². The molecule has 1 atom stereocenters. The van der Waals surface area contributed by atoms with Crippen LogP contribution in [-0.2, 0) is 4.79 Å². The molecule has 0 radical (unpaired) electrons. The molecule has 0 spiro atoms. The lowest BCUT2D eigenvalue weighted by atomic mass is 10.0. The molecule has 0 aromatic heterocycles. The van der Waals surface area contributed by atoms with Gasteiger partial charge in [-0.05, 0) is 6.42 Å². The third-order valence-electron chi connectivity index (χ3n) is 2.25. The first kappa shape index (κ1) is 12.6. The van der Waals surface area contributed by atoms with E-state index in [1.54, 1.807) is 0 Å². The van der Waals surface area contributed by atoms with Gasteiger partial charge in [-0.3, -0.25) is 4.79 Å². The van der Waals surface area contributed by atoms with Crippen LogP contribution in [0.1, 0.15) is 58.8 Å². The fourth-order valence-electron chi connectivity index (χ4n) is 1.32. The Kier molecular flexibility index (Phi) is 8.00. The minimum absolute atomic E-state index is 0.169. The van der Waals surface area contributed by atoms with Crippen molar-refractivity contribution in [1.82, 2.24) is 0 Å². The maximum Gasteiger partial charge on any atom is 0.135 e. The minimum Gasteiger partial charge on any atom is -0.393 e. The van der Waals surface area contributed by atoms with E-state index in [0.717, 1.165) is 12.8 Å². The van der Waals surface area contributed by atoms with Crippen molar-refractivity contribution in [2.24, 2.45) is 0 Å². The van der Waals surface area contributed by atoms with Gasteiger partial charge < -0.3 is 5.11 Å². The van der Waals surface area contributed by atoms with Crippen LogP contribution in [0.2, 0.25) is 0 Å². The summed E-state index contributed by atoms with van der Waals surface area (Å²) in [4.78, 5) is 11.0. The van der Waals surface area contributed by atoms with E-state index in [1.165, 1.54) is 19.3 Å². The van der Waals surface area contributed by atoms with E-state index >= 15 is 0 Å². The van der Waals surface area contributed by atoms with Crippen molar-refractivity contribution >= 4 is 5.78 Å². The molecular formula is C11H22O2. The van der Waals surface area contributed by atoms with E-state index in [1.807, 2.05) is 6.92 Å². The van der Waals surface area contributed by atoms with E-state index in [4.69, 9.17) is 0 Å². The minimum atomic E-state index is -0.399. The Bertz CT molecular complexity index is 132. The van der Waals surface area contributed by atoms with Crippen LogP contribution in [0.15, 0.2) is 0 Å². The Labute approximate surface area is 81.3 Å². The van der Waals surface area contributed by atoms with E-state index in [2.05, 4.69) is 6.92 Å². The fraction of sp³-hybridized carbons (Fsp3) is 0.909. The zero-order chi connectivity index (χ0) is 10.1. The Hall–Kier alpha value is -0.370. The van der Waals surface area contributed by atoms with E-state index in [0.29, 0.717) is 12.8 Å². The maximum absolute atomic E-state index is 11.0. The Balaban J connectivity index is 3.29. The molecule has 0 aliphatic rings. The summed E-state index contributed by atoms with van der Waals surface area (Å²) in [6.07, 6.45) is 5.95. The molecule has 1 N–H and O–H groups in total. The molecule has 0 fully saturated rings. The van der Waals surface area contributed by atoms with Gasteiger partial charge >= 0.3 is 0 Å². The van der Waals surface area contributed by atoms with Gasteiger partial charge in [0.2, 0.25) is 0 Å². The van der Waals surface area contributed by atoms with Gasteiger partial charge in [0.05, 0.1) is 6.10 Å². The highest BCUT2D eigenvalue weighted by Gasteiger charge is 2.08. The van der Waals surface area contributed by atoms with Gasteiger partial charge in [0.25, 0.3) is 0 Å². The zero-order valence-electron chi connectivity index (χ0n) is 8.88. The van der Waals surface area contributed by atoms with Crippen LogP contribution in [0, 0.1) is 0 Å². The van der Waals surface area contributed by atoms with Crippen LogP contribution in [0.5, 0.6) is 0 Å². The van der Waals surface area contributed by atoms with Gasteiger partial charge in [0, 0.05) is 12.8 Å². The zero-order valence-corrected chi connectivity index (χ0v) is 8.88. The first-order valence-corrected chi connectivity index (χ1v) is 5.40. The van der Waals surface area contributed by atoms with Crippen molar-refractivity contribution in [3.05, 3.63) is 0 Å². The predicted molar refractivity (Wildman–Crippen MR) is 54.7 cm³/mol. The number of aliphatic hydroxyl groups is 1.